The zero-order chi connectivity index (χ0) is 20.4. The highest BCUT2D eigenvalue weighted by atomic mass is 16.2. The van der Waals surface area contributed by atoms with Crippen LogP contribution in [0.3, 0.4) is 0 Å². The number of anilines is 2. The van der Waals surface area contributed by atoms with Gasteiger partial charge in [-0.15, -0.1) is 6.58 Å². The van der Waals surface area contributed by atoms with Crippen LogP contribution < -0.4 is 15.1 Å². The monoisotopic (exact) mass is 396 g/mol. The molecule has 0 radical (unpaired) electrons. The second-order valence-electron chi connectivity index (χ2n) is 7.92. The summed E-state index contributed by atoms with van der Waals surface area (Å²) < 4.78 is 0. The third-order valence-electron chi connectivity index (χ3n) is 6.02. The lowest BCUT2D eigenvalue weighted by Gasteiger charge is -2.45. The van der Waals surface area contributed by atoms with Crippen LogP contribution in [-0.4, -0.2) is 61.4 Å². The number of likely N-dealkylation sites (tertiary alicyclic amines) is 1. The molecule has 0 aromatic heterocycles. The maximum absolute atomic E-state index is 13.3. The zero-order valence-corrected chi connectivity index (χ0v) is 16.7. The van der Waals surface area contributed by atoms with Crippen LogP contribution in [0, 0.1) is 0 Å². The van der Waals surface area contributed by atoms with E-state index in [1.165, 1.54) is 0 Å². The summed E-state index contributed by atoms with van der Waals surface area (Å²) in [4.78, 5) is 44.1. The topological polar surface area (TPSA) is 73.0 Å². The van der Waals surface area contributed by atoms with Crippen LogP contribution in [0.4, 0.5) is 11.4 Å². The highest BCUT2D eigenvalue weighted by Crippen LogP contribution is 2.40. The molecular weight excluding hydrogens is 368 g/mol. The smallest absolute Gasteiger partial charge is 0.253 e. The minimum Gasteiger partial charge on any atom is -0.358 e. The molecule has 3 aliphatic heterocycles. The summed E-state index contributed by atoms with van der Waals surface area (Å²) in [6, 6.07) is 5.36. The normalized spacial score (nSPS) is 20.9. The number of carbonyl (C=O) groups excluding carboxylic acids is 3. The second kappa shape index (κ2) is 8.27. The summed E-state index contributed by atoms with van der Waals surface area (Å²) in [6.45, 7) is 6.28. The van der Waals surface area contributed by atoms with Gasteiger partial charge in [-0.3, -0.25) is 19.3 Å². The highest BCUT2D eigenvalue weighted by molar-refractivity contribution is 6.09. The van der Waals surface area contributed by atoms with Crippen molar-refractivity contribution in [3.05, 3.63) is 36.4 Å². The van der Waals surface area contributed by atoms with E-state index < -0.39 is 0 Å². The van der Waals surface area contributed by atoms with Gasteiger partial charge in [0.05, 0.1) is 11.4 Å². The van der Waals surface area contributed by atoms with E-state index in [4.69, 9.17) is 0 Å². The van der Waals surface area contributed by atoms with Gasteiger partial charge < -0.3 is 15.1 Å². The van der Waals surface area contributed by atoms with E-state index in [0.717, 1.165) is 57.4 Å². The maximum atomic E-state index is 13.3. The quantitative estimate of drug-likeness (QED) is 0.772. The van der Waals surface area contributed by atoms with Crippen LogP contribution in [0.1, 0.15) is 42.5 Å². The Morgan fingerprint density at radius 1 is 1.10 bits per heavy atom. The Kier molecular flexibility index (Phi) is 5.56. The number of fused-ring (bicyclic) bond motifs is 3. The molecule has 4 rings (SSSR count). The molecular formula is C22H28N4O3. The summed E-state index contributed by atoms with van der Waals surface area (Å²) in [5.41, 5.74) is 2.17. The Hall–Kier alpha value is -2.83. The zero-order valence-electron chi connectivity index (χ0n) is 16.7. The lowest BCUT2D eigenvalue weighted by Crippen LogP contribution is -2.57. The van der Waals surface area contributed by atoms with Crippen LogP contribution in [-0.2, 0) is 9.59 Å². The Labute approximate surface area is 171 Å². The molecule has 1 atom stereocenters. The molecule has 3 amide bonds. The van der Waals surface area contributed by atoms with Crippen molar-refractivity contribution in [3.63, 3.8) is 0 Å². The lowest BCUT2D eigenvalue weighted by molar-refractivity contribution is -0.124. The van der Waals surface area contributed by atoms with Gasteiger partial charge in [0.15, 0.2) is 0 Å². The first-order valence-electron chi connectivity index (χ1n) is 10.5. The molecule has 1 aromatic rings. The molecule has 3 heterocycles. The summed E-state index contributed by atoms with van der Waals surface area (Å²) in [5.74, 6) is -0.295. The number of amides is 3. The fourth-order valence-corrected chi connectivity index (χ4v) is 4.54. The van der Waals surface area contributed by atoms with Gasteiger partial charge >= 0.3 is 0 Å². The van der Waals surface area contributed by atoms with Gasteiger partial charge in [-0.05, 0) is 50.3 Å². The van der Waals surface area contributed by atoms with Crippen molar-refractivity contribution in [2.24, 2.45) is 0 Å². The Balaban J connectivity index is 1.68. The van der Waals surface area contributed by atoms with Gasteiger partial charge in [0.1, 0.15) is 12.6 Å². The standard InChI is InChI=1S/C22H28N4O3/c1-2-10-23-20(27)15-26-19-14-16(21(28)24-11-5-6-12-24)8-9-17(19)25-13-4-3-7-18(25)22(26)29/h2,8-9,14,18H,1,3-7,10-13,15H2,(H,23,27)/t18-/m0/s1. The fourth-order valence-electron chi connectivity index (χ4n) is 4.54. The summed E-state index contributed by atoms with van der Waals surface area (Å²) in [7, 11) is 0. The van der Waals surface area contributed by atoms with E-state index in [1.54, 1.807) is 17.0 Å². The molecule has 0 saturated carbocycles. The van der Waals surface area contributed by atoms with Gasteiger partial charge in [0.25, 0.3) is 5.91 Å². The molecule has 3 aliphatic rings. The third kappa shape index (κ3) is 3.73. The molecule has 0 bridgehead atoms. The minimum absolute atomic E-state index is 0.00502. The lowest BCUT2D eigenvalue weighted by atomic mass is 9.95. The average Bonchev–Trinajstić information content (AvgIpc) is 3.29. The molecule has 29 heavy (non-hydrogen) atoms. The van der Waals surface area contributed by atoms with Crippen molar-refractivity contribution in [1.82, 2.24) is 10.2 Å². The molecule has 0 aliphatic carbocycles. The Morgan fingerprint density at radius 3 is 2.62 bits per heavy atom. The predicted octanol–water partition coefficient (Wildman–Crippen LogP) is 1.93. The first kappa shape index (κ1) is 19.5. The first-order valence-corrected chi connectivity index (χ1v) is 10.5. The van der Waals surface area contributed by atoms with Crippen molar-refractivity contribution in [2.45, 2.75) is 38.1 Å². The Bertz CT molecular complexity index is 831. The third-order valence-corrected chi connectivity index (χ3v) is 6.02. The number of hydrogen-bond donors (Lipinski definition) is 1. The van der Waals surface area contributed by atoms with Gasteiger partial charge in [-0.2, -0.15) is 0 Å². The number of nitrogens with zero attached hydrogens (tertiary/aromatic N) is 3. The molecule has 0 spiro atoms. The maximum Gasteiger partial charge on any atom is 0.253 e. The SMILES string of the molecule is C=CCNC(=O)CN1C(=O)[C@@H]2CCCCN2c2ccc(C(=O)N3CCCC3)cc21. The van der Waals surface area contributed by atoms with Crippen molar-refractivity contribution in [1.29, 1.82) is 0 Å². The van der Waals surface area contributed by atoms with E-state index in [-0.39, 0.29) is 30.3 Å². The van der Waals surface area contributed by atoms with Crippen LogP contribution >= 0.6 is 0 Å². The van der Waals surface area contributed by atoms with Crippen molar-refractivity contribution in [2.75, 3.05) is 42.5 Å². The van der Waals surface area contributed by atoms with E-state index in [1.807, 2.05) is 17.0 Å². The largest absolute Gasteiger partial charge is 0.358 e. The number of carbonyl (C=O) groups is 3. The minimum atomic E-state index is -0.233. The van der Waals surface area contributed by atoms with Crippen LogP contribution in [0.5, 0.6) is 0 Å². The number of hydrogen-bond acceptors (Lipinski definition) is 4. The van der Waals surface area contributed by atoms with E-state index >= 15 is 0 Å². The molecule has 2 saturated heterocycles. The molecule has 2 fully saturated rings. The summed E-state index contributed by atoms with van der Waals surface area (Å²) >= 11 is 0. The van der Waals surface area contributed by atoms with Gasteiger partial charge in [0, 0.05) is 31.7 Å². The van der Waals surface area contributed by atoms with Gasteiger partial charge in [-0.25, -0.2) is 0 Å². The number of benzene rings is 1. The molecule has 0 unspecified atom stereocenters. The molecule has 154 valence electrons. The van der Waals surface area contributed by atoms with Crippen molar-refractivity contribution in [3.8, 4) is 0 Å². The van der Waals surface area contributed by atoms with Crippen LogP contribution in [0.15, 0.2) is 30.9 Å². The van der Waals surface area contributed by atoms with Crippen molar-refractivity contribution < 1.29 is 14.4 Å². The van der Waals surface area contributed by atoms with Gasteiger partial charge in [-0.1, -0.05) is 6.08 Å². The number of rotatable bonds is 5. The molecule has 7 nitrogen and oxygen atoms in total. The fraction of sp³-hybridized carbons (Fsp3) is 0.500. The van der Waals surface area contributed by atoms with Crippen molar-refractivity contribution >= 4 is 29.1 Å². The summed E-state index contributed by atoms with van der Waals surface area (Å²) in [6.07, 6.45) is 6.50. The molecule has 1 aromatic carbocycles. The van der Waals surface area contributed by atoms with E-state index in [9.17, 15) is 14.4 Å². The van der Waals surface area contributed by atoms with Gasteiger partial charge in [0.2, 0.25) is 11.8 Å². The molecule has 7 heteroatoms. The number of nitrogens with one attached hydrogen (secondary N) is 1. The highest BCUT2D eigenvalue weighted by Gasteiger charge is 2.40. The first-order chi connectivity index (χ1) is 14.1. The predicted molar refractivity (Wildman–Crippen MR) is 112 cm³/mol. The van der Waals surface area contributed by atoms with Crippen LogP contribution in [0.2, 0.25) is 0 Å². The molecule has 1 N–H and O–H groups in total. The van der Waals surface area contributed by atoms with E-state index in [2.05, 4.69) is 16.8 Å². The Morgan fingerprint density at radius 2 is 1.86 bits per heavy atom. The van der Waals surface area contributed by atoms with Crippen LogP contribution in [0.25, 0.3) is 0 Å². The second-order valence-corrected chi connectivity index (χ2v) is 7.92. The number of piperidine rings is 1. The summed E-state index contributed by atoms with van der Waals surface area (Å²) in [5, 5.41) is 2.75. The van der Waals surface area contributed by atoms with E-state index in [0.29, 0.717) is 17.8 Å². The average molecular weight is 396 g/mol.